The molecule has 2 rings (SSSR count). The van der Waals surface area contributed by atoms with Gasteiger partial charge < -0.3 is 10.1 Å². The van der Waals surface area contributed by atoms with Crippen molar-refractivity contribution >= 4 is 38.5 Å². The first-order valence-electron chi connectivity index (χ1n) is 4.64. The van der Waals surface area contributed by atoms with E-state index in [9.17, 15) is 14.9 Å². The van der Waals surface area contributed by atoms with Crippen molar-refractivity contribution in [1.29, 1.82) is 0 Å². The van der Waals surface area contributed by atoms with Gasteiger partial charge in [-0.25, -0.2) is 0 Å². The number of carbonyl (C=O) groups is 1. The Kier molecular flexibility index (Phi) is 2.84. The number of rotatable bonds is 3. The molecule has 1 aromatic carbocycles. The second kappa shape index (κ2) is 4.17. The molecule has 1 heterocycles. The molecule has 2 N–H and O–H groups in total. The summed E-state index contributed by atoms with van der Waals surface area (Å²) in [6.45, 7) is 0. The molecule has 17 heavy (non-hydrogen) atoms. The molecule has 0 aliphatic heterocycles. The van der Waals surface area contributed by atoms with Gasteiger partial charge in [-0.2, -0.15) is 0 Å². The molecule has 0 bridgehead atoms. The van der Waals surface area contributed by atoms with Crippen LogP contribution < -0.4 is 0 Å². The Morgan fingerprint density at radius 3 is 2.82 bits per heavy atom. The highest BCUT2D eigenvalue weighted by atomic mass is 79.9. The van der Waals surface area contributed by atoms with Crippen LogP contribution >= 0.6 is 15.9 Å². The summed E-state index contributed by atoms with van der Waals surface area (Å²) in [4.78, 5) is 23.7. The highest BCUT2D eigenvalue weighted by molar-refractivity contribution is 9.10. The second-order valence-electron chi connectivity index (χ2n) is 3.49. The Balaban J connectivity index is 2.65. The van der Waals surface area contributed by atoms with Crippen molar-refractivity contribution in [3.05, 3.63) is 38.5 Å². The van der Waals surface area contributed by atoms with Crippen LogP contribution in [0.2, 0.25) is 0 Å². The molecule has 0 atom stereocenters. The molecule has 0 saturated carbocycles. The summed E-state index contributed by atoms with van der Waals surface area (Å²) in [5, 5.41) is 20.0. The maximum Gasteiger partial charge on any atom is 0.307 e. The van der Waals surface area contributed by atoms with Crippen LogP contribution in [-0.2, 0) is 11.2 Å². The number of carboxylic acids is 1. The van der Waals surface area contributed by atoms with E-state index in [0.717, 1.165) is 0 Å². The van der Waals surface area contributed by atoms with Gasteiger partial charge in [-0.15, -0.1) is 0 Å². The minimum Gasteiger partial charge on any atom is -0.481 e. The van der Waals surface area contributed by atoms with E-state index in [1.165, 1.54) is 12.1 Å². The van der Waals surface area contributed by atoms with Crippen LogP contribution in [0, 0.1) is 10.1 Å². The van der Waals surface area contributed by atoms with Crippen LogP contribution in [0.5, 0.6) is 0 Å². The summed E-state index contributed by atoms with van der Waals surface area (Å²) in [6, 6.07) is 2.75. The van der Waals surface area contributed by atoms with Crippen molar-refractivity contribution < 1.29 is 14.8 Å². The maximum absolute atomic E-state index is 10.7. The molecule has 0 aliphatic rings. The third-order valence-electron chi connectivity index (χ3n) is 2.36. The van der Waals surface area contributed by atoms with Gasteiger partial charge in [0.25, 0.3) is 5.69 Å². The lowest BCUT2D eigenvalue weighted by Gasteiger charge is -1.98. The summed E-state index contributed by atoms with van der Waals surface area (Å²) in [5.74, 6) is -0.978. The zero-order valence-electron chi connectivity index (χ0n) is 8.44. The SMILES string of the molecule is O=C(O)Cc1c[nH]c2c(Br)cc([N+](=O)[O-])cc12. The average molecular weight is 299 g/mol. The number of aromatic amines is 1. The van der Waals surface area contributed by atoms with Crippen molar-refractivity contribution in [2.45, 2.75) is 6.42 Å². The Morgan fingerprint density at radius 1 is 1.53 bits per heavy atom. The average Bonchev–Trinajstić information content (AvgIpc) is 2.61. The Hall–Kier alpha value is -1.89. The number of nitrogens with one attached hydrogen (secondary N) is 1. The maximum atomic E-state index is 10.7. The number of hydrogen-bond donors (Lipinski definition) is 2. The van der Waals surface area contributed by atoms with Gasteiger partial charge in [0.1, 0.15) is 0 Å². The van der Waals surface area contributed by atoms with E-state index in [4.69, 9.17) is 5.11 Å². The summed E-state index contributed by atoms with van der Waals surface area (Å²) >= 11 is 3.21. The summed E-state index contributed by atoms with van der Waals surface area (Å²) in [7, 11) is 0. The standard InChI is InChI=1S/C10H7BrN2O4/c11-8-3-6(13(16)17)2-7-5(1-9(14)15)4-12-10(7)8/h2-4,12H,1H2,(H,14,15). The molecular weight excluding hydrogens is 292 g/mol. The molecule has 0 radical (unpaired) electrons. The highest BCUT2D eigenvalue weighted by Gasteiger charge is 2.15. The van der Waals surface area contributed by atoms with Crippen molar-refractivity contribution in [3.63, 3.8) is 0 Å². The smallest absolute Gasteiger partial charge is 0.307 e. The van der Waals surface area contributed by atoms with Crippen molar-refractivity contribution in [2.75, 3.05) is 0 Å². The van der Waals surface area contributed by atoms with E-state index >= 15 is 0 Å². The molecule has 0 saturated heterocycles. The first-order valence-corrected chi connectivity index (χ1v) is 5.44. The lowest BCUT2D eigenvalue weighted by Crippen LogP contribution is -1.99. The topological polar surface area (TPSA) is 96.2 Å². The van der Waals surface area contributed by atoms with Gasteiger partial charge in [0.15, 0.2) is 0 Å². The lowest BCUT2D eigenvalue weighted by atomic mass is 10.1. The van der Waals surface area contributed by atoms with Crippen molar-refractivity contribution in [3.8, 4) is 0 Å². The number of benzene rings is 1. The summed E-state index contributed by atoms with van der Waals surface area (Å²) in [5.41, 5.74) is 1.11. The zero-order valence-corrected chi connectivity index (χ0v) is 10.0. The number of fused-ring (bicyclic) bond motifs is 1. The highest BCUT2D eigenvalue weighted by Crippen LogP contribution is 2.31. The number of H-pyrrole nitrogens is 1. The molecule has 0 aliphatic carbocycles. The van der Waals surface area contributed by atoms with Crippen molar-refractivity contribution in [1.82, 2.24) is 4.98 Å². The molecule has 6 nitrogen and oxygen atoms in total. The van der Waals surface area contributed by atoms with Gasteiger partial charge in [-0.05, 0) is 21.5 Å². The quantitative estimate of drug-likeness (QED) is 0.672. The van der Waals surface area contributed by atoms with E-state index < -0.39 is 10.9 Å². The van der Waals surface area contributed by atoms with Crippen LogP contribution in [0.15, 0.2) is 22.8 Å². The molecule has 0 unspecified atom stereocenters. The van der Waals surface area contributed by atoms with Crippen LogP contribution in [0.3, 0.4) is 0 Å². The fraction of sp³-hybridized carbons (Fsp3) is 0.100. The van der Waals surface area contributed by atoms with Crippen LogP contribution in [0.1, 0.15) is 5.56 Å². The Bertz CT molecular complexity index is 620. The number of aliphatic carboxylic acids is 1. The molecule has 2 aromatic rings. The van der Waals surface area contributed by atoms with Gasteiger partial charge in [0, 0.05) is 28.2 Å². The number of nitro benzene ring substituents is 1. The zero-order chi connectivity index (χ0) is 12.6. The summed E-state index contributed by atoms with van der Waals surface area (Å²) in [6.07, 6.45) is 1.38. The van der Waals surface area contributed by atoms with E-state index in [0.29, 0.717) is 20.9 Å². The van der Waals surface area contributed by atoms with Crippen LogP contribution in [0.25, 0.3) is 10.9 Å². The van der Waals surface area contributed by atoms with E-state index in [1.54, 1.807) is 6.20 Å². The molecular formula is C10H7BrN2O4. The summed E-state index contributed by atoms with van der Waals surface area (Å²) < 4.78 is 0.540. The van der Waals surface area contributed by atoms with Crippen LogP contribution in [-0.4, -0.2) is 21.0 Å². The fourth-order valence-electron chi connectivity index (χ4n) is 1.64. The Labute approximate surface area is 104 Å². The normalized spacial score (nSPS) is 10.6. The minimum atomic E-state index is -0.978. The van der Waals surface area contributed by atoms with Gasteiger partial charge in [0.05, 0.1) is 16.9 Å². The van der Waals surface area contributed by atoms with Gasteiger partial charge in [0.2, 0.25) is 0 Å². The minimum absolute atomic E-state index is 0.0735. The number of nitro groups is 1. The van der Waals surface area contributed by atoms with Crippen molar-refractivity contribution in [2.24, 2.45) is 0 Å². The van der Waals surface area contributed by atoms with Gasteiger partial charge in [-0.3, -0.25) is 14.9 Å². The molecule has 0 spiro atoms. The number of hydrogen-bond acceptors (Lipinski definition) is 3. The lowest BCUT2D eigenvalue weighted by molar-refractivity contribution is -0.384. The fourth-order valence-corrected chi connectivity index (χ4v) is 2.21. The second-order valence-corrected chi connectivity index (χ2v) is 4.35. The number of non-ortho nitro benzene ring substituents is 1. The molecule has 7 heteroatoms. The largest absolute Gasteiger partial charge is 0.481 e. The number of carboxylic acid groups (broad SMARTS) is 1. The van der Waals surface area contributed by atoms with E-state index in [1.807, 2.05) is 0 Å². The number of halogens is 1. The molecule has 0 fully saturated rings. The first kappa shape index (κ1) is 11.6. The third-order valence-corrected chi connectivity index (χ3v) is 2.99. The number of nitrogens with zero attached hydrogens (tertiary/aromatic N) is 1. The number of aromatic nitrogens is 1. The van der Waals surface area contributed by atoms with E-state index in [-0.39, 0.29) is 12.1 Å². The molecule has 0 amide bonds. The Morgan fingerprint density at radius 2 is 2.24 bits per heavy atom. The van der Waals surface area contributed by atoms with E-state index in [2.05, 4.69) is 20.9 Å². The monoisotopic (exact) mass is 298 g/mol. The predicted molar refractivity (Wildman–Crippen MR) is 64.0 cm³/mol. The van der Waals surface area contributed by atoms with Gasteiger partial charge >= 0.3 is 5.97 Å². The van der Waals surface area contributed by atoms with Crippen LogP contribution in [0.4, 0.5) is 5.69 Å². The molecule has 88 valence electrons. The van der Waals surface area contributed by atoms with Gasteiger partial charge in [-0.1, -0.05) is 0 Å². The predicted octanol–water partition coefficient (Wildman–Crippen LogP) is 2.47. The third kappa shape index (κ3) is 2.14. The first-order chi connectivity index (χ1) is 7.99. The molecule has 1 aromatic heterocycles.